The lowest BCUT2D eigenvalue weighted by atomic mass is 9.74. The van der Waals surface area contributed by atoms with Crippen molar-refractivity contribution in [3.05, 3.63) is 0 Å². The number of hydrogen-bond acceptors (Lipinski definition) is 2. The highest BCUT2D eigenvalue weighted by molar-refractivity contribution is 5.00. The van der Waals surface area contributed by atoms with Crippen LogP contribution in [0, 0.1) is 0 Å². The van der Waals surface area contributed by atoms with Gasteiger partial charge in [0, 0.05) is 18.4 Å². The van der Waals surface area contributed by atoms with Gasteiger partial charge in [0.05, 0.1) is 27.7 Å². The first-order valence-corrected chi connectivity index (χ1v) is 5.58. The van der Waals surface area contributed by atoms with Crippen LogP contribution in [-0.2, 0) is 4.74 Å². The van der Waals surface area contributed by atoms with Gasteiger partial charge in [-0.05, 0) is 19.9 Å². The molecule has 2 aliphatic heterocycles. The molecule has 3 fully saturated rings. The van der Waals surface area contributed by atoms with Crippen molar-refractivity contribution in [3.63, 3.8) is 0 Å². The summed E-state index contributed by atoms with van der Waals surface area (Å²) in [6.07, 6.45) is 4.91. The number of ether oxygens (including phenoxy) is 1. The summed E-state index contributed by atoms with van der Waals surface area (Å²) in [4.78, 5) is 0. The lowest BCUT2D eigenvalue weighted by Crippen LogP contribution is -2.69. The number of hydrogen-bond donors (Lipinski definition) is 1. The van der Waals surface area contributed by atoms with E-state index in [0.29, 0.717) is 0 Å². The van der Waals surface area contributed by atoms with Crippen LogP contribution in [0.2, 0.25) is 0 Å². The van der Waals surface area contributed by atoms with Gasteiger partial charge in [-0.2, -0.15) is 0 Å². The van der Waals surface area contributed by atoms with E-state index in [9.17, 15) is 0 Å². The van der Waals surface area contributed by atoms with E-state index in [0.717, 1.165) is 11.1 Å². The minimum Gasteiger partial charge on any atom is -0.325 e. The molecule has 0 aromatic carbocycles. The summed E-state index contributed by atoms with van der Waals surface area (Å²) in [6.45, 7) is 0.888. The Kier molecular flexibility index (Phi) is 2.18. The molecule has 2 saturated heterocycles. The SMILES string of the molecule is CNC12CCC([N+](C)(C)C)(CC1)OC2. The molecule has 0 atom stereocenters. The summed E-state index contributed by atoms with van der Waals surface area (Å²) in [7, 11) is 8.81. The van der Waals surface area contributed by atoms with E-state index in [1.165, 1.54) is 25.7 Å². The summed E-state index contributed by atoms with van der Waals surface area (Å²) >= 11 is 0. The first-order chi connectivity index (χ1) is 6.43. The maximum absolute atomic E-state index is 6.13. The van der Waals surface area contributed by atoms with Gasteiger partial charge in [-0.25, -0.2) is 0 Å². The lowest BCUT2D eigenvalue weighted by molar-refractivity contribution is -0.956. The van der Waals surface area contributed by atoms with Gasteiger partial charge in [-0.3, -0.25) is 0 Å². The maximum atomic E-state index is 6.13. The second-order valence-corrected chi connectivity index (χ2v) is 5.78. The molecular formula is C11H23N2O+. The lowest BCUT2D eigenvalue weighted by Gasteiger charge is -2.57. The van der Waals surface area contributed by atoms with Crippen LogP contribution in [-0.4, -0.2) is 50.5 Å². The maximum Gasteiger partial charge on any atom is 0.202 e. The highest BCUT2D eigenvalue weighted by Gasteiger charge is 2.56. The van der Waals surface area contributed by atoms with Crippen molar-refractivity contribution in [2.45, 2.75) is 36.9 Å². The molecule has 82 valence electrons. The summed E-state index contributed by atoms with van der Waals surface area (Å²) in [5.41, 5.74) is 0.384. The van der Waals surface area contributed by atoms with Gasteiger partial charge in [-0.1, -0.05) is 0 Å². The van der Waals surface area contributed by atoms with E-state index < -0.39 is 0 Å². The molecule has 3 rings (SSSR count). The first kappa shape index (κ1) is 10.4. The van der Waals surface area contributed by atoms with E-state index >= 15 is 0 Å². The Morgan fingerprint density at radius 1 is 1.07 bits per heavy atom. The fourth-order valence-electron chi connectivity index (χ4n) is 2.87. The minimum absolute atomic E-state index is 0.0958. The molecule has 1 N–H and O–H groups in total. The number of quaternary nitrogens is 1. The van der Waals surface area contributed by atoms with Crippen molar-refractivity contribution in [2.24, 2.45) is 0 Å². The fourth-order valence-corrected chi connectivity index (χ4v) is 2.87. The highest BCUT2D eigenvalue weighted by Crippen LogP contribution is 2.46. The van der Waals surface area contributed by atoms with E-state index in [1.54, 1.807) is 0 Å². The second kappa shape index (κ2) is 2.94. The minimum atomic E-state index is 0.0958. The number of nitrogens with one attached hydrogen (secondary N) is 1. The quantitative estimate of drug-likeness (QED) is 0.669. The van der Waals surface area contributed by atoms with E-state index in [2.05, 4.69) is 33.5 Å². The Morgan fingerprint density at radius 2 is 1.64 bits per heavy atom. The number of rotatable bonds is 2. The average Bonchev–Trinajstić information content (AvgIpc) is 2.19. The topological polar surface area (TPSA) is 21.3 Å². The van der Waals surface area contributed by atoms with Crippen molar-refractivity contribution in [1.29, 1.82) is 0 Å². The van der Waals surface area contributed by atoms with Crippen LogP contribution >= 0.6 is 0 Å². The zero-order valence-corrected chi connectivity index (χ0v) is 9.89. The first-order valence-electron chi connectivity index (χ1n) is 5.58. The monoisotopic (exact) mass is 199 g/mol. The van der Waals surface area contributed by atoms with Crippen LogP contribution in [0.5, 0.6) is 0 Å². The Balaban J connectivity index is 2.17. The number of likely N-dealkylation sites (N-methyl/N-ethyl adjacent to an activating group) is 1. The predicted octanol–water partition coefficient (Wildman–Crippen LogP) is 0.951. The van der Waals surface area contributed by atoms with Gasteiger partial charge in [0.15, 0.2) is 0 Å². The summed E-state index contributed by atoms with van der Waals surface area (Å²) < 4.78 is 7.07. The smallest absolute Gasteiger partial charge is 0.202 e. The third-order valence-corrected chi connectivity index (χ3v) is 4.36. The van der Waals surface area contributed by atoms with Crippen LogP contribution in [0.25, 0.3) is 0 Å². The predicted molar refractivity (Wildman–Crippen MR) is 57.0 cm³/mol. The Morgan fingerprint density at radius 3 is 1.93 bits per heavy atom. The summed E-state index contributed by atoms with van der Waals surface area (Å²) in [6, 6.07) is 0. The summed E-state index contributed by atoms with van der Waals surface area (Å²) in [5.74, 6) is 0. The molecule has 3 aliphatic rings. The van der Waals surface area contributed by atoms with Gasteiger partial charge >= 0.3 is 0 Å². The number of nitrogens with zero attached hydrogens (tertiary/aromatic N) is 1. The van der Waals surface area contributed by atoms with Crippen molar-refractivity contribution in [3.8, 4) is 0 Å². The largest absolute Gasteiger partial charge is 0.325 e. The zero-order chi connectivity index (χ0) is 10.4. The van der Waals surface area contributed by atoms with Crippen molar-refractivity contribution in [2.75, 3.05) is 34.8 Å². The molecule has 0 aromatic rings. The van der Waals surface area contributed by atoms with Gasteiger partial charge in [0.2, 0.25) is 5.72 Å². The van der Waals surface area contributed by atoms with Gasteiger partial charge in [0.25, 0.3) is 0 Å². The standard InChI is InChI=1S/C11H23N2O/c1-12-10-5-7-11(8-6-10,14-9-10)13(2,3)4/h12H,5-9H2,1-4H3/q+1. The molecule has 0 spiro atoms. The average molecular weight is 199 g/mol. The van der Waals surface area contributed by atoms with Crippen LogP contribution in [0.3, 0.4) is 0 Å². The molecule has 2 heterocycles. The van der Waals surface area contributed by atoms with Crippen LogP contribution < -0.4 is 5.32 Å². The molecule has 1 saturated carbocycles. The van der Waals surface area contributed by atoms with Crippen LogP contribution in [0.15, 0.2) is 0 Å². The van der Waals surface area contributed by atoms with Gasteiger partial charge < -0.3 is 14.5 Å². The van der Waals surface area contributed by atoms with Crippen LogP contribution in [0.1, 0.15) is 25.7 Å². The van der Waals surface area contributed by atoms with Gasteiger partial charge in [0.1, 0.15) is 0 Å². The normalized spacial score (nSPS) is 42.9. The molecular weight excluding hydrogens is 176 g/mol. The van der Waals surface area contributed by atoms with E-state index in [-0.39, 0.29) is 11.3 Å². The van der Waals surface area contributed by atoms with Gasteiger partial charge in [-0.15, -0.1) is 0 Å². The second-order valence-electron chi connectivity index (χ2n) is 5.78. The third-order valence-electron chi connectivity index (χ3n) is 4.36. The van der Waals surface area contributed by atoms with E-state index in [4.69, 9.17) is 4.74 Å². The van der Waals surface area contributed by atoms with Crippen molar-refractivity contribution >= 4 is 0 Å². The van der Waals surface area contributed by atoms with E-state index in [1.807, 2.05) is 0 Å². The molecule has 2 bridgehead atoms. The van der Waals surface area contributed by atoms with Crippen molar-refractivity contribution in [1.82, 2.24) is 5.32 Å². The number of fused-ring (bicyclic) bond motifs is 3. The molecule has 0 radical (unpaired) electrons. The Bertz CT molecular complexity index is 207. The molecule has 1 aliphatic carbocycles. The fraction of sp³-hybridized carbons (Fsp3) is 1.00. The molecule has 3 heteroatoms. The zero-order valence-electron chi connectivity index (χ0n) is 9.89. The highest BCUT2D eigenvalue weighted by atomic mass is 16.5. The van der Waals surface area contributed by atoms with Crippen molar-refractivity contribution < 1.29 is 9.22 Å². The van der Waals surface area contributed by atoms with Crippen LogP contribution in [0.4, 0.5) is 0 Å². The summed E-state index contributed by atoms with van der Waals surface area (Å²) in [5, 5.41) is 3.44. The Hall–Kier alpha value is -0.120. The molecule has 0 unspecified atom stereocenters. The third kappa shape index (κ3) is 1.30. The molecule has 3 nitrogen and oxygen atoms in total. The molecule has 0 aromatic heterocycles. The molecule has 0 amide bonds. The molecule has 14 heavy (non-hydrogen) atoms. The Labute approximate surface area is 87.0 Å².